The molecule has 3 aliphatic heterocycles. The molecule has 0 aliphatic carbocycles. The van der Waals surface area contributed by atoms with Crippen LogP contribution in [0.15, 0.2) is 0 Å². The number of aliphatic hydroxyl groups excluding tert-OH is 10. The second-order valence-corrected chi connectivity index (χ2v) is 8.57. The molecule has 11 N–H and O–H groups in total. The normalized spacial score (nSPS) is 56.0. The Balaban J connectivity index is 1.98. The Labute approximate surface area is 187 Å². The van der Waals surface area contributed by atoms with Crippen molar-refractivity contribution in [1.29, 1.82) is 0 Å². The van der Waals surface area contributed by atoms with Crippen LogP contribution < -0.4 is 0 Å². The highest BCUT2D eigenvalue weighted by Gasteiger charge is 2.65. The molecule has 3 rings (SSSR count). The standard InChI is InChI=1S/C18H32O15/c1-4-7(21)9(23)11(25)15(30-4)18(29)13(27)16(28)31-6(3-20)14(18)33-17-12(26)10(24)8(22)5(2-19)32-17/h4-17,19-29H,2-3H2,1H3/t4-,5+,6+,7+,8-,9+,10-,11-,12+,13-,14+,15+,16+,17-,18+/m0/s1. The Hall–Kier alpha value is -0.600. The van der Waals surface area contributed by atoms with E-state index in [0.29, 0.717) is 0 Å². The maximum absolute atomic E-state index is 11.5. The summed E-state index contributed by atoms with van der Waals surface area (Å²) in [5, 5.41) is 112. The molecule has 3 fully saturated rings. The molecule has 0 aromatic heterocycles. The van der Waals surface area contributed by atoms with E-state index in [0.717, 1.165) is 0 Å². The van der Waals surface area contributed by atoms with Crippen molar-refractivity contribution in [1.82, 2.24) is 0 Å². The summed E-state index contributed by atoms with van der Waals surface area (Å²) in [6.07, 6.45) is -25.3. The SMILES string of the molecule is C[C@@H]1O[C@@H]([C@]2(O)[C@H](O[C@@H]3O[C@H](CO)[C@H](O)[C@H](O)[C@H]3O)[C@@H](CO)O[C@@H](O)[C@@H]2O)[C@@H](O)[C@H](O)[C@@H]1O. The Kier molecular flexibility index (Phi) is 8.32. The summed E-state index contributed by atoms with van der Waals surface area (Å²) in [4.78, 5) is 0. The van der Waals surface area contributed by atoms with Gasteiger partial charge in [-0.05, 0) is 6.92 Å². The fraction of sp³-hybridized carbons (Fsp3) is 1.00. The van der Waals surface area contributed by atoms with Gasteiger partial charge in [-0.3, -0.25) is 0 Å². The number of hydrogen-bond acceptors (Lipinski definition) is 15. The molecule has 0 aromatic rings. The van der Waals surface area contributed by atoms with Gasteiger partial charge < -0.3 is 75.1 Å². The van der Waals surface area contributed by atoms with E-state index in [1.54, 1.807) is 0 Å². The van der Waals surface area contributed by atoms with Crippen LogP contribution in [-0.4, -0.2) is 161 Å². The fourth-order valence-corrected chi connectivity index (χ4v) is 4.44. The summed E-state index contributed by atoms with van der Waals surface area (Å²) >= 11 is 0. The average molecular weight is 488 g/mol. The van der Waals surface area contributed by atoms with E-state index in [4.69, 9.17) is 18.9 Å². The van der Waals surface area contributed by atoms with Crippen LogP contribution in [0.4, 0.5) is 0 Å². The van der Waals surface area contributed by atoms with Gasteiger partial charge in [-0.2, -0.15) is 0 Å². The second kappa shape index (κ2) is 10.2. The van der Waals surface area contributed by atoms with Crippen LogP contribution in [0.3, 0.4) is 0 Å². The second-order valence-electron chi connectivity index (χ2n) is 8.57. The molecule has 3 saturated heterocycles. The summed E-state index contributed by atoms with van der Waals surface area (Å²) in [5.41, 5.74) is -2.85. The van der Waals surface area contributed by atoms with Crippen molar-refractivity contribution < 1.29 is 75.1 Å². The third-order valence-corrected chi connectivity index (χ3v) is 6.47. The minimum atomic E-state index is -2.85. The van der Waals surface area contributed by atoms with Crippen LogP contribution in [0.25, 0.3) is 0 Å². The van der Waals surface area contributed by atoms with Crippen LogP contribution in [0.2, 0.25) is 0 Å². The van der Waals surface area contributed by atoms with Gasteiger partial charge in [-0.25, -0.2) is 0 Å². The predicted octanol–water partition coefficient (Wildman–Crippen LogP) is -7.16. The first-order chi connectivity index (χ1) is 15.4. The highest BCUT2D eigenvalue weighted by Crippen LogP contribution is 2.41. The molecule has 0 bridgehead atoms. The summed E-state index contributed by atoms with van der Waals surface area (Å²) < 4.78 is 21.3. The van der Waals surface area contributed by atoms with E-state index in [1.165, 1.54) is 6.92 Å². The lowest BCUT2D eigenvalue weighted by molar-refractivity contribution is -0.400. The maximum Gasteiger partial charge on any atom is 0.187 e. The molecule has 33 heavy (non-hydrogen) atoms. The molecule has 0 spiro atoms. The first-order valence-corrected chi connectivity index (χ1v) is 10.4. The van der Waals surface area contributed by atoms with Crippen molar-refractivity contribution >= 4 is 0 Å². The molecule has 0 radical (unpaired) electrons. The Morgan fingerprint density at radius 3 is 1.85 bits per heavy atom. The van der Waals surface area contributed by atoms with Crippen molar-refractivity contribution in [3.8, 4) is 0 Å². The van der Waals surface area contributed by atoms with E-state index in [1.807, 2.05) is 0 Å². The molecule has 3 aliphatic rings. The first kappa shape index (κ1) is 27.0. The van der Waals surface area contributed by atoms with Crippen molar-refractivity contribution in [2.24, 2.45) is 0 Å². The Bertz CT molecular complexity index is 652. The maximum atomic E-state index is 11.5. The van der Waals surface area contributed by atoms with Gasteiger partial charge in [0, 0.05) is 0 Å². The molecule has 0 aromatic carbocycles. The largest absolute Gasteiger partial charge is 0.394 e. The van der Waals surface area contributed by atoms with Gasteiger partial charge in [0.05, 0.1) is 19.3 Å². The lowest BCUT2D eigenvalue weighted by Crippen LogP contribution is -2.78. The van der Waals surface area contributed by atoms with Crippen molar-refractivity contribution in [2.75, 3.05) is 13.2 Å². The van der Waals surface area contributed by atoms with Gasteiger partial charge in [0.25, 0.3) is 0 Å². The number of hydrogen-bond donors (Lipinski definition) is 11. The van der Waals surface area contributed by atoms with Crippen molar-refractivity contribution in [3.05, 3.63) is 0 Å². The van der Waals surface area contributed by atoms with Crippen molar-refractivity contribution in [3.63, 3.8) is 0 Å². The van der Waals surface area contributed by atoms with Crippen molar-refractivity contribution in [2.45, 2.75) is 98.4 Å². The molecule has 0 saturated carbocycles. The smallest absolute Gasteiger partial charge is 0.187 e. The lowest BCUT2D eigenvalue weighted by atomic mass is 9.74. The minimum Gasteiger partial charge on any atom is -0.394 e. The number of ether oxygens (including phenoxy) is 4. The molecular formula is C18H32O15. The highest BCUT2D eigenvalue weighted by molar-refractivity contribution is 5.12. The molecular weight excluding hydrogens is 456 g/mol. The van der Waals surface area contributed by atoms with Gasteiger partial charge in [0.1, 0.15) is 67.1 Å². The lowest BCUT2D eigenvalue weighted by Gasteiger charge is -2.55. The first-order valence-electron chi connectivity index (χ1n) is 10.4. The van der Waals surface area contributed by atoms with E-state index in [9.17, 15) is 56.2 Å². The minimum absolute atomic E-state index is 0.799. The van der Waals surface area contributed by atoms with Gasteiger partial charge in [0.2, 0.25) is 0 Å². The molecule has 15 atom stereocenters. The van der Waals surface area contributed by atoms with Crippen LogP contribution in [0.1, 0.15) is 6.92 Å². The van der Waals surface area contributed by atoms with Gasteiger partial charge in [0.15, 0.2) is 18.2 Å². The quantitative estimate of drug-likeness (QED) is 0.172. The summed E-state index contributed by atoms with van der Waals surface area (Å²) in [5.74, 6) is 0. The molecule has 15 heteroatoms. The van der Waals surface area contributed by atoms with E-state index < -0.39 is 105 Å². The predicted molar refractivity (Wildman–Crippen MR) is 99.9 cm³/mol. The van der Waals surface area contributed by atoms with E-state index >= 15 is 0 Å². The molecule has 0 unspecified atom stereocenters. The van der Waals surface area contributed by atoms with Gasteiger partial charge >= 0.3 is 0 Å². The molecule has 15 nitrogen and oxygen atoms in total. The Morgan fingerprint density at radius 2 is 1.27 bits per heavy atom. The van der Waals surface area contributed by atoms with Gasteiger partial charge in [-0.15, -0.1) is 0 Å². The fourth-order valence-electron chi connectivity index (χ4n) is 4.44. The van der Waals surface area contributed by atoms with Crippen LogP contribution in [0.5, 0.6) is 0 Å². The molecule has 194 valence electrons. The monoisotopic (exact) mass is 488 g/mol. The third-order valence-electron chi connectivity index (χ3n) is 6.47. The third kappa shape index (κ3) is 4.53. The van der Waals surface area contributed by atoms with Crippen LogP contribution in [0, 0.1) is 0 Å². The summed E-state index contributed by atoms with van der Waals surface area (Å²) in [6, 6.07) is 0. The van der Waals surface area contributed by atoms with Crippen LogP contribution >= 0.6 is 0 Å². The van der Waals surface area contributed by atoms with E-state index in [2.05, 4.69) is 0 Å². The zero-order valence-corrected chi connectivity index (χ0v) is 17.5. The number of aliphatic hydroxyl groups is 11. The van der Waals surface area contributed by atoms with Gasteiger partial charge in [-0.1, -0.05) is 0 Å². The summed E-state index contributed by atoms with van der Waals surface area (Å²) in [6.45, 7) is -0.431. The topological polar surface area (TPSA) is 259 Å². The van der Waals surface area contributed by atoms with Crippen LogP contribution in [-0.2, 0) is 18.9 Å². The molecule has 3 heterocycles. The Morgan fingerprint density at radius 1 is 0.697 bits per heavy atom. The average Bonchev–Trinajstić information content (AvgIpc) is 2.80. The molecule has 0 amide bonds. The highest BCUT2D eigenvalue weighted by atomic mass is 16.7. The number of rotatable bonds is 5. The zero-order valence-electron chi connectivity index (χ0n) is 17.5. The zero-order chi connectivity index (χ0) is 24.8. The van der Waals surface area contributed by atoms with E-state index in [-0.39, 0.29) is 0 Å². The summed E-state index contributed by atoms with van der Waals surface area (Å²) in [7, 11) is 0.